The maximum absolute atomic E-state index is 13.1. The second-order valence-corrected chi connectivity index (χ2v) is 10.8. The first-order valence-corrected chi connectivity index (χ1v) is 13.3. The summed E-state index contributed by atoms with van der Waals surface area (Å²) >= 11 is 0. The summed E-state index contributed by atoms with van der Waals surface area (Å²) in [5.74, 6) is 2.74. The van der Waals surface area contributed by atoms with Crippen LogP contribution in [0.5, 0.6) is 0 Å². The molecule has 5 heterocycles. The molecule has 5 aliphatic rings. The van der Waals surface area contributed by atoms with E-state index in [1.165, 1.54) is 24.0 Å². The highest BCUT2D eigenvalue weighted by atomic mass is 16.2. The van der Waals surface area contributed by atoms with Gasteiger partial charge in [-0.2, -0.15) is 4.98 Å². The standard InChI is InChI=1S/C27H37N7O/c1-18(2)33-17-20(19-9-12-28-13-10-19)7-8-23(33)31-26-30-16-21-15-27(11-14-29-25(27)35)34(24(21)32-26)22-5-3-4-6-22/h7-9,16,18,22,28H,3-6,10-15,17H2,1-2H3,(H,29,35)(H,30,31,32). The highest BCUT2D eigenvalue weighted by Gasteiger charge is 2.55. The molecule has 1 aromatic rings. The number of allylic oxidation sites excluding steroid dienone is 2. The molecule has 35 heavy (non-hydrogen) atoms. The van der Waals surface area contributed by atoms with Crippen molar-refractivity contribution in [1.82, 2.24) is 25.5 Å². The summed E-state index contributed by atoms with van der Waals surface area (Å²) < 4.78 is 0. The van der Waals surface area contributed by atoms with Crippen LogP contribution in [0.15, 0.2) is 41.4 Å². The van der Waals surface area contributed by atoms with Gasteiger partial charge in [-0.15, -0.1) is 0 Å². The van der Waals surface area contributed by atoms with E-state index in [4.69, 9.17) is 9.97 Å². The van der Waals surface area contributed by atoms with E-state index in [0.29, 0.717) is 24.5 Å². The summed E-state index contributed by atoms with van der Waals surface area (Å²) in [7, 11) is 0. The van der Waals surface area contributed by atoms with Crippen LogP contribution in [0, 0.1) is 0 Å². The fourth-order valence-corrected chi connectivity index (χ4v) is 6.55. The van der Waals surface area contributed by atoms with Crippen LogP contribution in [-0.4, -0.2) is 64.6 Å². The molecule has 1 saturated carbocycles. The van der Waals surface area contributed by atoms with Gasteiger partial charge in [0, 0.05) is 49.9 Å². The molecular formula is C27H37N7O. The average molecular weight is 476 g/mol. The largest absolute Gasteiger partial charge is 0.354 e. The van der Waals surface area contributed by atoms with Gasteiger partial charge in [-0.05, 0) is 63.3 Å². The van der Waals surface area contributed by atoms with Crippen molar-refractivity contribution in [3.63, 3.8) is 0 Å². The molecule has 6 rings (SSSR count). The number of amides is 1. The highest BCUT2D eigenvalue weighted by Crippen LogP contribution is 2.46. The fourth-order valence-electron chi connectivity index (χ4n) is 6.55. The molecule has 8 nitrogen and oxygen atoms in total. The molecule has 1 spiro atoms. The molecule has 0 bridgehead atoms. The normalized spacial score (nSPS) is 26.7. The summed E-state index contributed by atoms with van der Waals surface area (Å²) in [4.78, 5) is 27.6. The summed E-state index contributed by atoms with van der Waals surface area (Å²) in [5, 5.41) is 10.0. The number of hydrogen-bond donors (Lipinski definition) is 3. The van der Waals surface area contributed by atoms with E-state index in [2.05, 4.69) is 57.8 Å². The fraction of sp³-hybridized carbons (Fsp3) is 0.593. The third kappa shape index (κ3) is 3.92. The Morgan fingerprint density at radius 1 is 1.17 bits per heavy atom. The molecule has 1 unspecified atom stereocenters. The Kier molecular flexibility index (Phi) is 5.79. The number of fused-ring (bicyclic) bond motifs is 1. The molecule has 3 N–H and O–H groups in total. The lowest BCUT2D eigenvalue weighted by atomic mass is 9.91. The molecule has 8 heteroatoms. The van der Waals surface area contributed by atoms with Crippen molar-refractivity contribution in [3.05, 3.63) is 47.0 Å². The third-order valence-electron chi connectivity index (χ3n) is 8.38. The Bertz CT molecular complexity index is 1100. The van der Waals surface area contributed by atoms with Crippen molar-refractivity contribution in [1.29, 1.82) is 0 Å². The van der Waals surface area contributed by atoms with Gasteiger partial charge >= 0.3 is 0 Å². The van der Waals surface area contributed by atoms with Crippen molar-refractivity contribution in [2.24, 2.45) is 0 Å². The van der Waals surface area contributed by atoms with Gasteiger partial charge in [-0.25, -0.2) is 4.98 Å². The molecule has 1 amide bonds. The van der Waals surface area contributed by atoms with Crippen molar-refractivity contribution >= 4 is 17.7 Å². The number of carbonyl (C=O) groups is 1. The molecule has 1 aliphatic carbocycles. The monoisotopic (exact) mass is 475 g/mol. The van der Waals surface area contributed by atoms with Crippen LogP contribution in [0.25, 0.3) is 0 Å². The maximum Gasteiger partial charge on any atom is 0.246 e. The van der Waals surface area contributed by atoms with Gasteiger partial charge in [0.25, 0.3) is 0 Å². The van der Waals surface area contributed by atoms with Crippen molar-refractivity contribution < 1.29 is 4.79 Å². The first kappa shape index (κ1) is 22.6. The predicted molar refractivity (Wildman–Crippen MR) is 138 cm³/mol. The molecule has 186 valence electrons. The number of nitrogens with one attached hydrogen (secondary N) is 3. The minimum atomic E-state index is -0.487. The minimum absolute atomic E-state index is 0.155. The summed E-state index contributed by atoms with van der Waals surface area (Å²) in [6, 6.07) is 0.724. The number of rotatable bonds is 5. The summed E-state index contributed by atoms with van der Waals surface area (Å²) in [6.45, 7) is 8.06. The van der Waals surface area contributed by atoms with E-state index >= 15 is 0 Å². The molecular weight excluding hydrogens is 438 g/mol. The predicted octanol–water partition coefficient (Wildman–Crippen LogP) is 2.86. The molecule has 1 atom stereocenters. The quantitative estimate of drug-likeness (QED) is 0.604. The second kappa shape index (κ2) is 8.97. The lowest BCUT2D eigenvalue weighted by molar-refractivity contribution is -0.123. The van der Waals surface area contributed by atoms with Crippen LogP contribution in [0.3, 0.4) is 0 Å². The Balaban J connectivity index is 1.30. The minimum Gasteiger partial charge on any atom is -0.354 e. The van der Waals surface area contributed by atoms with Gasteiger partial charge in [0.15, 0.2) is 0 Å². The van der Waals surface area contributed by atoms with E-state index in [-0.39, 0.29) is 5.91 Å². The van der Waals surface area contributed by atoms with Gasteiger partial charge in [-0.3, -0.25) is 4.79 Å². The molecule has 0 radical (unpaired) electrons. The van der Waals surface area contributed by atoms with Crippen LogP contribution in [0.4, 0.5) is 11.8 Å². The van der Waals surface area contributed by atoms with Gasteiger partial charge < -0.3 is 25.8 Å². The van der Waals surface area contributed by atoms with Crippen LogP contribution in [0.2, 0.25) is 0 Å². The smallest absolute Gasteiger partial charge is 0.246 e. The first-order valence-electron chi connectivity index (χ1n) is 13.3. The van der Waals surface area contributed by atoms with Crippen molar-refractivity contribution in [2.45, 2.75) is 76.4 Å². The van der Waals surface area contributed by atoms with E-state index in [1.807, 2.05) is 6.20 Å². The van der Waals surface area contributed by atoms with Crippen molar-refractivity contribution in [2.75, 3.05) is 36.4 Å². The van der Waals surface area contributed by atoms with E-state index in [9.17, 15) is 4.79 Å². The zero-order valence-electron chi connectivity index (χ0n) is 20.9. The molecule has 0 aromatic carbocycles. The lowest BCUT2D eigenvalue weighted by Crippen LogP contribution is -2.56. The number of nitrogens with zero attached hydrogens (tertiary/aromatic N) is 4. The maximum atomic E-state index is 13.1. The Morgan fingerprint density at radius 3 is 2.74 bits per heavy atom. The van der Waals surface area contributed by atoms with Gasteiger partial charge in [0.2, 0.25) is 11.9 Å². The van der Waals surface area contributed by atoms with Crippen LogP contribution in [-0.2, 0) is 11.2 Å². The molecule has 2 fully saturated rings. The highest BCUT2D eigenvalue weighted by molar-refractivity contribution is 5.94. The van der Waals surface area contributed by atoms with E-state index in [1.54, 1.807) is 0 Å². The van der Waals surface area contributed by atoms with Crippen LogP contribution >= 0.6 is 0 Å². The average Bonchev–Trinajstić information content (AvgIpc) is 3.59. The Hall–Kier alpha value is -2.87. The topological polar surface area (TPSA) is 85.4 Å². The summed E-state index contributed by atoms with van der Waals surface area (Å²) in [5.41, 5.74) is 3.45. The Morgan fingerprint density at radius 2 is 2.03 bits per heavy atom. The zero-order valence-corrected chi connectivity index (χ0v) is 20.9. The van der Waals surface area contributed by atoms with Crippen LogP contribution in [0.1, 0.15) is 57.9 Å². The van der Waals surface area contributed by atoms with Gasteiger partial charge in [-0.1, -0.05) is 25.0 Å². The number of anilines is 2. The molecule has 1 aromatic heterocycles. The Labute approximate surface area is 207 Å². The van der Waals surface area contributed by atoms with Crippen molar-refractivity contribution in [3.8, 4) is 0 Å². The van der Waals surface area contributed by atoms with Gasteiger partial charge in [0.05, 0.1) is 0 Å². The molecule has 4 aliphatic heterocycles. The lowest BCUT2D eigenvalue weighted by Gasteiger charge is -2.39. The number of hydrogen-bond acceptors (Lipinski definition) is 7. The molecule has 1 saturated heterocycles. The van der Waals surface area contributed by atoms with Crippen LogP contribution < -0.4 is 20.9 Å². The number of carbonyl (C=O) groups excluding carboxylic acids is 1. The van der Waals surface area contributed by atoms with E-state index in [0.717, 1.165) is 69.1 Å². The van der Waals surface area contributed by atoms with Gasteiger partial charge in [0.1, 0.15) is 17.2 Å². The summed E-state index contributed by atoms with van der Waals surface area (Å²) in [6.07, 6.45) is 16.0. The zero-order chi connectivity index (χ0) is 24.0. The first-order chi connectivity index (χ1) is 17.0. The van der Waals surface area contributed by atoms with E-state index < -0.39 is 5.54 Å². The second-order valence-electron chi connectivity index (χ2n) is 10.8. The number of aromatic nitrogens is 2. The third-order valence-corrected chi connectivity index (χ3v) is 8.38. The SMILES string of the molecule is CC(C)N1CC(C2=CCNCC2)=CC=C1Nc1ncc2c(n1)N(C1CCCC1)C1(CCNC1=O)C2.